The van der Waals surface area contributed by atoms with Crippen LogP contribution in [-0.2, 0) is 19.1 Å². The Morgan fingerprint density at radius 3 is 2.00 bits per heavy atom. The zero-order chi connectivity index (χ0) is 18.3. The van der Waals surface area contributed by atoms with Crippen LogP contribution in [0.15, 0.2) is 23.8 Å². The van der Waals surface area contributed by atoms with E-state index in [4.69, 9.17) is 9.47 Å². The van der Waals surface area contributed by atoms with Gasteiger partial charge in [0.15, 0.2) is 0 Å². The van der Waals surface area contributed by atoms with Gasteiger partial charge in [-0.2, -0.15) is 0 Å². The molecule has 0 aliphatic rings. The first-order valence-electron chi connectivity index (χ1n) is 6.80. The summed E-state index contributed by atoms with van der Waals surface area (Å²) in [5, 5.41) is 21.8. The van der Waals surface area contributed by atoms with E-state index in [1.54, 1.807) is 0 Å². The number of hydrogen-bond donors (Lipinski definition) is 0. The molecule has 1 aromatic rings. The van der Waals surface area contributed by atoms with Crippen LogP contribution in [-0.4, -0.2) is 35.0 Å². The molecule has 10 nitrogen and oxygen atoms in total. The average Bonchev–Trinajstić information content (AvgIpc) is 2.52. The van der Waals surface area contributed by atoms with Crippen LogP contribution in [0.4, 0.5) is 11.4 Å². The molecule has 10 heteroatoms. The van der Waals surface area contributed by atoms with Gasteiger partial charge < -0.3 is 9.47 Å². The number of nitrogens with zero attached hydrogens (tertiary/aromatic N) is 2. The van der Waals surface area contributed by atoms with Gasteiger partial charge in [0.1, 0.15) is 5.57 Å². The largest absolute Gasteiger partial charge is 0.462 e. The van der Waals surface area contributed by atoms with Crippen molar-refractivity contribution in [3.05, 3.63) is 49.6 Å². The molecule has 0 N–H and O–H groups in total. The minimum Gasteiger partial charge on any atom is -0.462 e. The highest BCUT2D eigenvalue weighted by atomic mass is 16.6. The van der Waals surface area contributed by atoms with Crippen molar-refractivity contribution in [1.82, 2.24) is 0 Å². The number of benzene rings is 1. The number of carbonyl (C=O) groups excluding carboxylic acids is 2. The number of non-ortho nitro benzene ring substituents is 1. The second kappa shape index (κ2) is 8.36. The Balaban J connectivity index is 3.44. The summed E-state index contributed by atoms with van der Waals surface area (Å²) in [4.78, 5) is 43.9. The maximum absolute atomic E-state index is 11.9. The fourth-order valence-electron chi connectivity index (χ4n) is 1.70. The van der Waals surface area contributed by atoms with Gasteiger partial charge in [0.05, 0.1) is 34.7 Å². The van der Waals surface area contributed by atoms with Crippen LogP contribution in [0.1, 0.15) is 19.4 Å². The summed E-state index contributed by atoms with van der Waals surface area (Å²) in [6, 6.07) is 2.82. The molecule has 0 aliphatic carbocycles. The van der Waals surface area contributed by atoms with Crippen LogP contribution >= 0.6 is 0 Å². The normalized spacial score (nSPS) is 9.75. The number of rotatable bonds is 7. The van der Waals surface area contributed by atoms with Gasteiger partial charge in [-0.15, -0.1) is 0 Å². The van der Waals surface area contributed by atoms with Gasteiger partial charge in [-0.25, -0.2) is 9.59 Å². The second-order valence-electron chi connectivity index (χ2n) is 4.26. The Bertz CT molecular complexity index is 691. The van der Waals surface area contributed by atoms with Crippen LogP contribution in [0.5, 0.6) is 0 Å². The fourth-order valence-corrected chi connectivity index (χ4v) is 1.70. The van der Waals surface area contributed by atoms with Crippen molar-refractivity contribution in [2.75, 3.05) is 13.2 Å². The molecule has 0 atom stereocenters. The monoisotopic (exact) mass is 338 g/mol. The summed E-state index contributed by atoms with van der Waals surface area (Å²) >= 11 is 0. The standard InChI is InChI=1S/C14H14N2O8/c1-3-23-13(17)11(14(18)24-4-2)7-9-5-6-10(15(19)20)8-12(9)16(21)22/h5-8H,3-4H2,1-2H3. The Morgan fingerprint density at radius 1 is 1.04 bits per heavy atom. The zero-order valence-electron chi connectivity index (χ0n) is 12.9. The summed E-state index contributed by atoms with van der Waals surface area (Å²) in [5.41, 5.74) is -1.83. The number of nitro benzene ring substituents is 2. The molecule has 0 amide bonds. The van der Waals surface area contributed by atoms with E-state index in [0.717, 1.165) is 24.3 Å². The molecule has 0 bridgehead atoms. The van der Waals surface area contributed by atoms with Gasteiger partial charge in [-0.3, -0.25) is 20.2 Å². The first-order chi connectivity index (χ1) is 11.3. The SMILES string of the molecule is CCOC(=O)C(=Cc1ccc([N+](=O)[O-])cc1[N+](=O)[O-])C(=O)OCC. The first kappa shape index (κ1) is 18.7. The molecule has 0 spiro atoms. The molecule has 0 saturated carbocycles. The topological polar surface area (TPSA) is 139 Å². The smallest absolute Gasteiger partial charge is 0.345 e. The van der Waals surface area contributed by atoms with Crippen LogP contribution in [0.25, 0.3) is 6.08 Å². The van der Waals surface area contributed by atoms with Crippen molar-refractivity contribution in [2.45, 2.75) is 13.8 Å². The van der Waals surface area contributed by atoms with E-state index in [1.807, 2.05) is 0 Å². The van der Waals surface area contributed by atoms with Gasteiger partial charge in [-0.1, -0.05) is 0 Å². The Labute approximate surface area is 136 Å². The molecule has 0 fully saturated rings. The second-order valence-corrected chi connectivity index (χ2v) is 4.26. The molecular weight excluding hydrogens is 324 g/mol. The summed E-state index contributed by atoms with van der Waals surface area (Å²) in [6.45, 7) is 3.01. The summed E-state index contributed by atoms with van der Waals surface area (Å²) < 4.78 is 9.44. The molecule has 0 saturated heterocycles. The van der Waals surface area contributed by atoms with Crippen molar-refractivity contribution in [1.29, 1.82) is 0 Å². The number of hydrogen-bond acceptors (Lipinski definition) is 8. The molecular formula is C14H14N2O8. The van der Waals surface area contributed by atoms with Gasteiger partial charge in [-0.05, 0) is 26.0 Å². The number of nitro groups is 2. The lowest BCUT2D eigenvalue weighted by Crippen LogP contribution is -2.18. The van der Waals surface area contributed by atoms with Gasteiger partial charge in [0.25, 0.3) is 11.4 Å². The zero-order valence-corrected chi connectivity index (χ0v) is 12.9. The highest BCUT2D eigenvalue weighted by molar-refractivity contribution is 6.18. The van der Waals surface area contributed by atoms with Crippen molar-refractivity contribution >= 4 is 29.4 Å². The third kappa shape index (κ3) is 4.60. The first-order valence-corrected chi connectivity index (χ1v) is 6.80. The predicted octanol–water partition coefficient (Wildman–Crippen LogP) is 2.01. The molecule has 0 aromatic heterocycles. The van der Waals surface area contributed by atoms with E-state index in [1.165, 1.54) is 13.8 Å². The molecule has 0 unspecified atom stereocenters. The number of esters is 2. The lowest BCUT2D eigenvalue weighted by molar-refractivity contribution is -0.394. The van der Waals surface area contributed by atoms with E-state index >= 15 is 0 Å². The van der Waals surface area contributed by atoms with Crippen LogP contribution in [0.2, 0.25) is 0 Å². The molecule has 0 aliphatic heterocycles. The van der Waals surface area contributed by atoms with Gasteiger partial charge in [0, 0.05) is 6.07 Å². The highest BCUT2D eigenvalue weighted by Gasteiger charge is 2.24. The minimum absolute atomic E-state index is 0.0159. The van der Waals surface area contributed by atoms with Crippen LogP contribution < -0.4 is 0 Å². The van der Waals surface area contributed by atoms with Crippen LogP contribution in [0, 0.1) is 20.2 Å². The summed E-state index contributed by atoms with van der Waals surface area (Å²) in [6.07, 6.45) is 0.915. The third-order valence-corrected chi connectivity index (χ3v) is 2.71. The van der Waals surface area contributed by atoms with E-state index in [9.17, 15) is 29.8 Å². The maximum atomic E-state index is 11.9. The third-order valence-electron chi connectivity index (χ3n) is 2.71. The van der Waals surface area contributed by atoms with Crippen molar-refractivity contribution in [3.63, 3.8) is 0 Å². The van der Waals surface area contributed by atoms with Crippen molar-refractivity contribution in [2.24, 2.45) is 0 Å². The minimum atomic E-state index is -1.01. The average molecular weight is 338 g/mol. The van der Waals surface area contributed by atoms with E-state index in [2.05, 4.69) is 0 Å². The quantitative estimate of drug-likeness (QED) is 0.184. The highest BCUT2D eigenvalue weighted by Crippen LogP contribution is 2.27. The molecule has 1 rings (SSSR count). The van der Waals surface area contributed by atoms with Gasteiger partial charge >= 0.3 is 11.9 Å². The molecule has 0 radical (unpaired) electrons. The number of ether oxygens (including phenoxy) is 2. The Kier molecular flexibility index (Phi) is 6.53. The molecule has 1 aromatic carbocycles. The van der Waals surface area contributed by atoms with Crippen LogP contribution in [0.3, 0.4) is 0 Å². The maximum Gasteiger partial charge on any atom is 0.345 e. The Hall–Kier alpha value is -3.30. The fraction of sp³-hybridized carbons (Fsp3) is 0.286. The Morgan fingerprint density at radius 2 is 1.58 bits per heavy atom. The van der Waals surface area contributed by atoms with Crippen molar-refractivity contribution in [3.8, 4) is 0 Å². The summed E-state index contributed by atoms with van der Waals surface area (Å²) in [5.74, 6) is -2.02. The predicted molar refractivity (Wildman–Crippen MR) is 81.0 cm³/mol. The van der Waals surface area contributed by atoms with E-state index in [0.29, 0.717) is 0 Å². The van der Waals surface area contributed by atoms with Gasteiger partial charge in [0.2, 0.25) is 0 Å². The van der Waals surface area contributed by atoms with E-state index in [-0.39, 0.29) is 18.8 Å². The molecule has 0 heterocycles. The lowest BCUT2D eigenvalue weighted by atomic mass is 10.1. The van der Waals surface area contributed by atoms with E-state index < -0.39 is 38.7 Å². The summed E-state index contributed by atoms with van der Waals surface area (Å²) in [7, 11) is 0. The molecule has 128 valence electrons. The lowest BCUT2D eigenvalue weighted by Gasteiger charge is -2.07. The molecule has 24 heavy (non-hydrogen) atoms. The number of carbonyl (C=O) groups is 2. The van der Waals surface area contributed by atoms with Crippen molar-refractivity contribution < 1.29 is 28.9 Å².